The zero-order valence-corrected chi connectivity index (χ0v) is 10.5. The predicted molar refractivity (Wildman–Crippen MR) is 65.5 cm³/mol. The number of likely N-dealkylation sites (tertiary alicyclic amines) is 1. The van der Waals surface area contributed by atoms with E-state index in [1.54, 1.807) is 12.1 Å². The fraction of sp³-hybridized carbons (Fsp3) is 0.462. The Morgan fingerprint density at radius 1 is 1.53 bits per heavy atom. The first-order valence-corrected chi connectivity index (χ1v) is 6.13. The molecule has 1 aliphatic rings. The van der Waals surface area contributed by atoms with E-state index >= 15 is 0 Å². The summed E-state index contributed by atoms with van der Waals surface area (Å²) >= 11 is 5.85. The smallest absolute Gasteiger partial charge is 0.138 e. The van der Waals surface area contributed by atoms with Crippen LogP contribution >= 0.6 is 11.6 Å². The molecule has 1 aliphatic heterocycles. The molecule has 0 spiro atoms. The van der Waals surface area contributed by atoms with Gasteiger partial charge in [-0.15, -0.1) is 0 Å². The molecule has 2 nitrogen and oxygen atoms in total. The largest absolute Gasteiger partial charge is 0.299 e. The molecule has 92 valence electrons. The zero-order chi connectivity index (χ0) is 12.4. The molecule has 1 aromatic rings. The lowest BCUT2D eigenvalue weighted by molar-refractivity contribution is -0.125. The number of hydrogen-bond acceptors (Lipinski definition) is 2. The molecular formula is C13H15ClFNO. The normalized spacial score (nSPS) is 21.8. The van der Waals surface area contributed by atoms with E-state index in [-0.39, 0.29) is 11.7 Å². The molecule has 1 aromatic carbocycles. The molecule has 0 amide bonds. The first-order valence-electron chi connectivity index (χ1n) is 5.75. The van der Waals surface area contributed by atoms with Crippen LogP contribution < -0.4 is 0 Å². The summed E-state index contributed by atoms with van der Waals surface area (Å²) in [5, 5.41) is 0.544. The van der Waals surface area contributed by atoms with Crippen molar-refractivity contribution in [2.24, 2.45) is 5.92 Å². The molecule has 1 atom stereocenters. The van der Waals surface area contributed by atoms with Crippen LogP contribution in [0.1, 0.15) is 18.9 Å². The number of Topliss-reactive ketones (excluding diaryl/α,β-unsaturated/α-hetero) is 1. The van der Waals surface area contributed by atoms with Crippen LogP contribution in [0.4, 0.5) is 4.39 Å². The minimum Gasteiger partial charge on any atom is -0.299 e. The second-order valence-electron chi connectivity index (χ2n) is 4.59. The molecule has 1 heterocycles. The van der Waals surface area contributed by atoms with E-state index in [2.05, 4.69) is 4.90 Å². The van der Waals surface area contributed by atoms with Gasteiger partial charge in [-0.25, -0.2) is 4.39 Å². The van der Waals surface area contributed by atoms with E-state index < -0.39 is 0 Å². The van der Waals surface area contributed by atoms with Gasteiger partial charge in [0.15, 0.2) is 0 Å². The number of carbonyl (C=O) groups excluding carboxylic acids is 1. The van der Waals surface area contributed by atoms with E-state index in [4.69, 9.17) is 11.6 Å². The van der Waals surface area contributed by atoms with E-state index in [1.165, 1.54) is 6.07 Å². The molecule has 0 aliphatic carbocycles. The van der Waals surface area contributed by atoms with Crippen molar-refractivity contribution in [2.75, 3.05) is 13.1 Å². The van der Waals surface area contributed by atoms with Crippen LogP contribution in [0.5, 0.6) is 0 Å². The highest BCUT2D eigenvalue weighted by Crippen LogP contribution is 2.19. The van der Waals surface area contributed by atoms with Crippen molar-refractivity contribution in [3.8, 4) is 0 Å². The summed E-state index contributed by atoms with van der Waals surface area (Å²) in [6.45, 7) is 3.84. The van der Waals surface area contributed by atoms with Crippen molar-refractivity contribution in [2.45, 2.75) is 19.9 Å². The summed E-state index contributed by atoms with van der Waals surface area (Å²) in [6, 6.07) is 4.58. The predicted octanol–water partition coefficient (Wildman–Crippen LogP) is 2.89. The van der Waals surface area contributed by atoms with Gasteiger partial charge in [-0.2, -0.15) is 0 Å². The maximum Gasteiger partial charge on any atom is 0.138 e. The van der Waals surface area contributed by atoms with Crippen LogP contribution in [0.3, 0.4) is 0 Å². The fourth-order valence-electron chi connectivity index (χ4n) is 2.14. The highest BCUT2D eigenvalue weighted by molar-refractivity contribution is 6.30. The minimum absolute atomic E-state index is 0.0472. The van der Waals surface area contributed by atoms with Gasteiger partial charge in [0.05, 0.1) is 0 Å². The molecule has 2 rings (SSSR count). The first-order chi connectivity index (χ1) is 8.06. The summed E-state index contributed by atoms with van der Waals surface area (Å²) in [5.41, 5.74) is 0.596. The van der Waals surface area contributed by atoms with E-state index in [0.717, 1.165) is 0 Å². The van der Waals surface area contributed by atoms with Gasteiger partial charge in [0, 0.05) is 42.6 Å². The van der Waals surface area contributed by atoms with Gasteiger partial charge in [0.2, 0.25) is 0 Å². The molecule has 1 fully saturated rings. The van der Waals surface area contributed by atoms with Gasteiger partial charge in [-0.05, 0) is 18.2 Å². The van der Waals surface area contributed by atoms with Gasteiger partial charge in [0.25, 0.3) is 0 Å². The third kappa shape index (κ3) is 3.05. The third-order valence-corrected chi connectivity index (χ3v) is 3.39. The monoisotopic (exact) mass is 255 g/mol. The van der Waals surface area contributed by atoms with Crippen molar-refractivity contribution in [3.63, 3.8) is 0 Å². The molecule has 1 saturated heterocycles. The van der Waals surface area contributed by atoms with Gasteiger partial charge in [-0.1, -0.05) is 18.5 Å². The van der Waals surface area contributed by atoms with E-state index in [1.807, 2.05) is 6.92 Å². The Bertz CT molecular complexity index is 435. The van der Waals surface area contributed by atoms with Crippen molar-refractivity contribution < 1.29 is 9.18 Å². The van der Waals surface area contributed by atoms with E-state index in [9.17, 15) is 9.18 Å². The van der Waals surface area contributed by atoms with Gasteiger partial charge < -0.3 is 0 Å². The van der Waals surface area contributed by atoms with Gasteiger partial charge in [0.1, 0.15) is 11.6 Å². The molecular weight excluding hydrogens is 241 g/mol. The Kier molecular flexibility index (Phi) is 3.79. The molecule has 4 heteroatoms. The molecule has 0 aromatic heterocycles. The number of rotatable bonds is 2. The standard InChI is InChI=1S/C13H15ClFNO/c1-9-7-16(5-4-13(9)17)8-10-6-11(14)2-3-12(10)15/h2-3,6,9H,4-5,7-8H2,1H3. The lowest BCUT2D eigenvalue weighted by atomic mass is 9.98. The van der Waals surface area contributed by atoms with Crippen LogP contribution in [0.2, 0.25) is 5.02 Å². The lowest BCUT2D eigenvalue weighted by Crippen LogP contribution is -2.39. The Balaban J connectivity index is 2.06. The molecule has 0 radical (unpaired) electrons. The SMILES string of the molecule is CC1CN(Cc2cc(Cl)ccc2F)CCC1=O. The highest BCUT2D eigenvalue weighted by Gasteiger charge is 2.23. The van der Waals surface area contributed by atoms with Crippen molar-refractivity contribution in [3.05, 3.63) is 34.6 Å². The average molecular weight is 256 g/mol. The number of hydrogen-bond donors (Lipinski definition) is 0. The Labute approximate surface area is 105 Å². The lowest BCUT2D eigenvalue weighted by Gasteiger charge is -2.30. The molecule has 0 N–H and O–H groups in total. The van der Waals surface area contributed by atoms with Crippen LogP contribution in [0, 0.1) is 11.7 Å². The van der Waals surface area contributed by atoms with Crippen LogP contribution in [-0.4, -0.2) is 23.8 Å². The third-order valence-electron chi connectivity index (χ3n) is 3.16. The highest BCUT2D eigenvalue weighted by atomic mass is 35.5. The Morgan fingerprint density at radius 3 is 3.00 bits per heavy atom. The topological polar surface area (TPSA) is 20.3 Å². The number of carbonyl (C=O) groups is 1. The summed E-state index contributed by atoms with van der Waals surface area (Å²) < 4.78 is 13.5. The summed E-state index contributed by atoms with van der Waals surface area (Å²) in [4.78, 5) is 13.5. The summed E-state index contributed by atoms with van der Waals surface area (Å²) in [6.07, 6.45) is 0.559. The zero-order valence-electron chi connectivity index (χ0n) is 9.75. The molecule has 0 saturated carbocycles. The molecule has 1 unspecified atom stereocenters. The Morgan fingerprint density at radius 2 is 2.29 bits per heavy atom. The van der Waals surface area contributed by atoms with Crippen molar-refractivity contribution in [1.82, 2.24) is 4.90 Å². The fourth-order valence-corrected chi connectivity index (χ4v) is 2.34. The minimum atomic E-state index is -0.237. The van der Waals surface area contributed by atoms with Crippen LogP contribution in [-0.2, 0) is 11.3 Å². The van der Waals surface area contributed by atoms with E-state index in [0.29, 0.717) is 42.4 Å². The summed E-state index contributed by atoms with van der Waals surface area (Å²) in [5.74, 6) is 0.109. The van der Waals surface area contributed by atoms with Crippen LogP contribution in [0.25, 0.3) is 0 Å². The second-order valence-corrected chi connectivity index (χ2v) is 5.02. The molecule has 17 heavy (non-hydrogen) atoms. The van der Waals surface area contributed by atoms with Crippen LogP contribution in [0.15, 0.2) is 18.2 Å². The maximum absolute atomic E-state index is 13.5. The average Bonchev–Trinajstić information content (AvgIpc) is 2.29. The number of ketones is 1. The quantitative estimate of drug-likeness (QED) is 0.810. The van der Waals surface area contributed by atoms with Gasteiger partial charge in [-0.3, -0.25) is 9.69 Å². The first kappa shape index (κ1) is 12.5. The second kappa shape index (κ2) is 5.15. The Hall–Kier alpha value is -0.930. The van der Waals surface area contributed by atoms with Crippen molar-refractivity contribution >= 4 is 17.4 Å². The van der Waals surface area contributed by atoms with Crippen molar-refractivity contribution in [1.29, 1.82) is 0 Å². The number of benzene rings is 1. The molecule has 0 bridgehead atoms. The summed E-state index contributed by atoms with van der Waals surface area (Å²) in [7, 11) is 0. The van der Waals surface area contributed by atoms with Gasteiger partial charge >= 0.3 is 0 Å². The number of piperidine rings is 1. The maximum atomic E-state index is 13.5. The number of halogens is 2. The number of nitrogens with zero attached hydrogens (tertiary/aromatic N) is 1.